The van der Waals surface area contributed by atoms with Crippen LogP contribution in [-0.2, 0) is 9.53 Å². The predicted molar refractivity (Wildman–Crippen MR) is 202 cm³/mol. The summed E-state index contributed by atoms with van der Waals surface area (Å²) in [5, 5.41) is 5.73. The molecule has 4 aromatic rings. The number of piperidine rings is 1. The molecule has 13 heteroatoms. The number of likely N-dealkylation sites (tertiary alicyclic amines) is 1. The molecule has 2 aromatic carbocycles. The fraction of sp³-hybridized carbons (Fsp3) is 0.462. The van der Waals surface area contributed by atoms with E-state index in [-0.39, 0.29) is 18.0 Å². The molecule has 0 bridgehead atoms. The van der Waals surface area contributed by atoms with E-state index < -0.39 is 5.60 Å². The van der Waals surface area contributed by atoms with Gasteiger partial charge in [0, 0.05) is 57.5 Å². The molecule has 0 spiro atoms. The van der Waals surface area contributed by atoms with Crippen molar-refractivity contribution in [1.82, 2.24) is 39.3 Å². The van der Waals surface area contributed by atoms with Crippen LogP contribution in [0.2, 0.25) is 0 Å². The Kier molecular flexibility index (Phi) is 11.7. The molecule has 4 heterocycles. The lowest BCUT2D eigenvalue weighted by Gasteiger charge is -2.35. The van der Waals surface area contributed by atoms with Gasteiger partial charge in [0.2, 0.25) is 5.91 Å². The molecule has 2 aliphatic rings. The van der Waals surface area contributed by atoms with Gasteiger partial charge in [0.1, 0.15) is 34.9 Å². The Hall–Kier alpha value is -5.01. The molecular weight excluding hydrogens is 658 g/mol. The van der Waals surface area contributed by atoms with Crippen LogP contribution in [-0.4, -0.2) is 123 Å². The monoisotopic (exact) mass is 709 g/mol. The first-order chi connectivity index (χ1) is 25.0. The highest BCUT2D eigenvalue weighted by atomic mass is 16.6. The van der Waals surface area contributed by atoms with Crippen molar-refractivity contribution in [2.24, 2.45) is 0 Å². The molecule has 276 valence electrons. The van der Waals surface area contributed by atoms with Crippen molar-refractivity contribution in [3.05, 3.63) is 73.1 Å². The van der Waals surface area contributed by atoms with E-state index in [1.54, 1.807) is 11.0 Å². The number of rotatable bonds is 11. The number of fused-ring (bicyclic) bond motifs is 1. The lowest BCUT2D eigenvalue weighted by Crippen LogP contribution is -2.50. The average molecular weight is 710 g/mol. The van der Waals surface area contributed by atoms with Gasteiger partial charge in [-0.05, 0) is 96.6 Å². The van der Waals surface area contributed by atoms with Crippen LogP contribution in [0.15, 0.2) is 73.1 Å². The van der Waals surface area contributed by atoms with E-state index in [1.807, 2.05) is 91.0 Å². The summed E-state index contributed by atoms with van der Waals surface area (Å²) in [7, 11) is 2.07. The van der Waals surface area contributed by atoms with Crippen molar-refractivity contribution in [3.8, 4) is 22.8 Å². The Morgan fingerprint density at radius 3 is 2.42 bits per heavy atom. The van der Waals surface area contributed by atoms with E-state index >= 15 is 0 Å². The summed E-state index contributed by atoms with van der Waals surface area (Å²) in [5.41, 5.74) is 8.16. The highest BCUT2D eigenvalue weighted by Crippen LogP contribution is 2.35. The van der Waals surface area contributed by atoms with Gasteiger partial charge < -0.3 is 29.9 Å². The summed E-state index contributed by atoms with van der Waals surface area (Å²) in [6.45, 7) is 12.6. The van der Waals surface area contributed by atoms with Gasteiger partial charge in [-0.1, -0.05) is 24.3 Å². The molecule has 2 fully saturated rings. The van der Waals surface area contributed by atoms with Crippen molar-refractivity contribution in [2.45, 2.75) is 51.7 Å². The zero-order chi connectivity index (χ0) is 36.7. The van der Waals surface area contributed by atoms with Crippen LogP contribution in [0, 0.1) is 0 Å². The Bertz CT molecular complexity index is 1830. The molecule has 1 atom stereocenters. The second kappa shape index (κ2) is 16.6. The largest absolute Gasteiger partial charge is 0.457 e. The first-order valence-corrected chi connectivity index (χ1v) is 18.2. The Morgan fingerprint density at radius 2 is 1.69 bits per heavy atom. The average Bonchev–Trinajstić information content (AvgIpc) is 3.53. The minimum absolute atomic E-state index is 0.000730. The van der Waals surface area contributed by atoms with Gasteiger partial charge >= 0.3 is 6.09 Å². The number of hydrogen-bond acceptors (Lipinski definition) is 10. The number of benzene rings is 2. The smallest absolute Gasteiger partial charge is 0.410 e. The quantitative estimate of drug-likeness (QED) is 0.200. The first-order valence-electron chi connectivity index (χ1n) is 18.2. The summed E-state index contributed by atoms with van der Waals surface area (Å²) in [6, 6.07) is 17.3. The number of aromatic nitrogens is 4. The number of carbonyl (C=O) groups excluding carboxylic acids is 2. The van der Waals surface area contributed by atoms with Crippen LogP contribution in [0.1, 0.15) is 46.1 Å². The summed E-state index contributed by atoms with van der Waals surface area (Å²) < 4.78 is 13.4. The lowest BCUT2D eigenvalue weighted by molar-refractivity contribution is -0.127. The summed E-state index contributed by atoms with van der Waals surface area (Å²) >= 11 is 0. The zero-order valence-corrected chi connectivity index (χ0v) is 30.8. The fourth-order valence-corrected chi connectivity index (χ4v) is 6.69. The molecule has 2 aliphatic heterocycles. The molecule has 52 heavy (non-hydrogen) atoms. The topological polar surface area (TPSA) is 135 Å². The molecule has 0 radical (unpaired) electrons. The van der Waals surface area contributed by atoms with Gasteiger partial charge in [-0.2, -0.15) is 5.10 Å². The Morgan fingerprint density at radius 1 is 0.962 bits per heavy atom. The number of piperazine rings is 1. The number of nitrogen functional groups attached to an aromatic ring is 1. The summed E-state index contributed by atoms with van der Waals surface area (Å²) in [4.78, 5) is 42.8. The third kappa shape index (κ3) is 9.45. The molecule has 0 aliphatic carbocycles. The third-order valence-corrected chi connectivity index (χ3v) is 9.39. The number of nitrogens with zero attached hydrogens (tertiary/aromatic N) is 8. The van der Waals surface area contributed by atoms with Crippen molar-refractivity contribution in [2.75, 3.05) is 71.7 Å². The molecule has 2 saturated heterocycles. The van der Waals surface area contributed by atoms with E-state index in [2.05, 4.69) is 26.8 Å². The summed E-state index contributed by atoms with van der Waals surface area (Å²) in [5.74, 6) is 1.85. The maximum absolute atomic E-state index is 13.3. The van der Waals surface area contributed by atoms with E-state index in [9.17, 15) is 9.59 Å². The van der Waals surface area contributed by atoms with Gasteiger partial charge in [-0.15, -0.1) is 0 Å². The number of amides is 2. The minimum Gasteiger partial charge on any atom is -0.457 e. The van der Waals surface area contributed by atoms with Crippen molar-refractivity contribution in [1.29, 1.82) is 0 Å². The maximum Gasteiger partial charge on any atom is 0.410 e. The third-order valence-electron chi connectivity index (χ3n) is 9.39. The van der Waals surface area contributed by atoms with E-state index in [0.29, 0.717) is 55.3 Å². The van der Waals surface area contributed by atoms with Crippen molar-refractivity contribution in [3.63, 3.8) is 0 Å². The van der Waals surface area contributed by atoms with Crippen LogP contribution in [0.5, 0.6) is 11.5 Å². The number of hydrogen-bond donors (Lipinski definition) is 1. The fourth-order valence-electron chi connectivity index (χ4n) is 6.69. The molecular formula is C39H51N9O4. The molecule has 2 aromatic heterocycles. The standard InChI is InChI=1S/C39H51N9O4/c1-39(2,3)52-38(50)46-25-23-45(24-26-46)21-10-20-44(4)19-9-14-33(49)47-22-8-11-30(27-47)48-37-34(36(40)41-28-42-37)35(43-48)29-15-17-32(18-16-29)51-31-12-6-5-7-13-31/h5-7,9,12-18,28,30H,8,10-11,19-27H2,1-4H3,(H2,40,41,42)/b14-9+. The first kappa shape index (κ1) is 36.8. The number of likely N-dealkylation sites (N-methyl/N-ethyl adjacent to an activating group) is 1. The molecule has 2 N–H and O–H groups in total. The lowest BCUT2D eigenvalue weighted by atomic mass is 10.1. The summed E-state index contributed by atoms with van der Waals surface area (Å²) in [6.07, 6.45) is 7.62. The zero-order valence-electron chi connectivity index (χ0n) is 30.8. The second-order valence-electron chi connectivity index (χ2n) is 14.6. The van der Waals surface area contributed by atoms with E-state index in [4.69, 9.17) is 20.3 Å². The van der Waals surface area contributed by atoms with Crippen molar-refractivity contribution < 1.29 is 19.1 Å². The van der Waals surface area contributed by atoms with Crippen LogP contribution < -0.4 is 10.5 Å². The maximum atomic E-state index is 13.3. The highest BCUT2D eigenvalue weighted by Gasteiger charge is 2.29. The van der Waals surface area contributed by atoms with Gasteiger partial charge in [0.05, 0.1) is 11.4 Å². The Labute approximate surface area is 306 Å². The van der Waals surface area contributed by atoms with Crippen molar-refractivity contribution >= 4 is 28.9 Å². The van der Waals surface area contributed by atoms with Crippen LogP contribution in [0.3, 0.4) is 0 Å². The van der Waals surface area contributed by atoms with Crippen LogP contribution in [0.4, 0.5) is 10.6 Å². The van der Waals surface area contributed by atoms with Gasteiger partial charge in [-0.3, -0.25) is 9.69 Å². The molecule has 0 saturated carbocycles. The molecule has 6 rings (SSSR count). The highest BCUT2D eigenvalue weighted by molar-refractivity contribution is 5.98. The van der Waals surface area contributed by atoms with Gasteiger partial charge in [0.15, 0.2) is 5.65 Å². The normalized spacial score (nSPS) is 17.3. The van der Waals surface area contributed by atoms with Gasteiger partial charge in [-0.25, -0.2) is 19.4 Å². The molecule has 1 unspecified atom stereocenters. The van der Waals surface area contributed by atoms with Gasteiger partial charge in [0.25, 0.3) is 0 Å². The van der Waals surface area contributed by atoms with Crippen LogP contribution in [0.25, 0.3) is 22.3 Å². The van der Waals surface area contributed by atoms with E-state index in [0.717, 1.165) is 62.5 Å². The van der Waals surface area contributed by atoms with Crippen LogP contribution >= 0.6 is 0 Å². The molecule has 2 amide bonds. The predicted octanol–water partition coefficient (Wildman–Crippen LogP) is 5.46. The minimum atomic E-state index is -0.478. The Balaban J connectivity index is 1.00. The number of nitrogens with two attached hydrogens (primary N) is 1. The number of anilines is 1. The number of carbonyl (C=O) groups is 2. The second-order valence-corrected chi connectivity index (χ2v) is 14.6. The molecule has 13 nitrogen and oxygen atoms in total. The number of ether oxygens (including phenoxy) is 2. The SMILES string of the molecule is CN(C/C=C/C(=O)N1CCCC(n2nc(-c3ccc(Oc4ccccc4)cc3)c3c(N)ncnc32)C1)CCCN1CCN(C(=O)OC(C)(C)C)CC1. The van der Waals surface area contributed by atoms with E-state index in [1.165, 1.54) is 6.33 Å². The number of para-hydroxylation sites is 1.